The predicted molar refractivity (Wildman–Crippen MR) is 73.8 cm³/mol. The van der Waals surface area contributed by atoms with Crippen LogP contribution >= 0.6 is 11.3 Å². The molecule has 0 saturated heterocycles. The summed E-state index contributed by atoms with van der Waals surface area (Å²) >= 11 is 1.66. The summed E-state index contributed by atoms with van der Waals surface area (Å²) in [6.45, 7) is 3.99. The molecule has 3 nitrogen and oxygen atoms in total. The molecule has 0 fully saturated rings. The van der Waals surface area contributed by atoms with E-state index in [2.05, 4.69) is 4.98 Å². The molecule has 0 aliphatic heterocycles. The Kier molecular flexibility index (Phi) is 3.95. The van der Waals surface area contributed by atoms with E-state index in [0.717, 1.165) is 10.9 Å². The summed E-state index contributed by atoms with van der Waals surface area (Å²) in [6, 6.07) is 6.68. The van der Waals surface area contributed by atoms with Crippen LogP contribution in [0.4, 0.5) is 4.39 Å². The Morgan fingerprint density at radius 2 is 2.16 bits per heavy atom. The van der Waals surface area contributed by atoms with Crippen LogP contribution in [0.1, 0.15) is 33.1 Å². The largest absolute Gasteiger partial charge is 0.334 e. The zero-order valence-electron chi connectivity index (χ0n) is 11.1. The third kappa shape index (κ3) is 2.98. The fourth-order valence-corrected chi connectivity index (χ4v) is 2.76. The van der Waals surface area contributed by atoms with Gasteiger partial charge in [0.25, 0.3) is 5.91 Å². The van der Waals surface area contributed by atoms with E-state index in [4.69, 9.17) is 0 Å². The van der Waals surface area contributed by atoms with E-state index < -0.39 is 5.95 Å². The van der Waals surface area contributed by atoms with Crippen molar-refractivity contribution in [1.29, 1.82) is 0 Å². The molecular formula is C14H15FN2OS. The molecule has 0 bridgehead atoms. The smallest absolute Gasteiger partial charge is 0.254 e. The average molecular weight is 278 g/mol. The Morgan fingerprint density at radius 1 is 1.42 bits per heavy atom. The molecule has 0 aliphatic carbocycles. The number of halogens is 1. The first-order valence-corrected chi connectivity index (χ1v) is 6.75. The minimum Gasteiger partial charge on any atom is -0.334 e. The van der Waals surface area contributed by atoms with E-state index >= 15 is 0 Å². The average Bonchev–Trinajstić information content (AvgIpc) is 2.83. The summed E-state index contributed by atoms with van der Waals surface area (Å²) in [7, 11) is 1.72. The summed E-state index contributed by atoms with van der Waals surface area (Å²) in [6.07, 6.45) is 1.30. The lowest BCUT2D eigenvalue weighted by molar-refractivity contribution is 0.0744. The van der Waals surface area contributed by atoms with Gasteiger partial charge in [0.05, 0.1) is 6.04 Å². The van der Waals surface area contributed by atoms with Gasteiger partial charge in [0, 0.05) is 34.6 Å². The number of carbonyl (C=O) groups is 1. The van der Waals surface area contributed by atoms with Gasteiger partial charge in [-0.3, -0.25) is 4.79 Å². The van der Waals surface area contributed by atoms with Crippen LogP contribution in [0, 0.1) is 12.9 Å². The number of aromatic nitrogens is 1. The molecule has 2 heterocycles. The van der Waals surface area contributed by atoms with Gasteiger partial charge in [-0.1, -0.05) is 0 Å². The van der Waals surface area contributed by atoms with E-state index in [0.29, 0.717) is 5.56 Å². The number of hydrogen-bond acceptors (Lipinski definition) is 3. The maximum Gasteiger partial charge on any atom is 0.254 e. The first-order chi connectivity index (χ1) is 8.99. The molecule has 19 heavy (non-hydrogen) atoms. The van der Waals surface area contributed by atoms with Gasteiger partial charge >= 0.3 is 0 Å². The minimum atomic E-state index is -0.640. The van der Waals surface area contributed by atoms with Crippen LogP contribution in [-0.2, 0) is 0 Å². The van der Waals surface area contributed by atoms with Crippen molar-refractivity contribution in [3.05, 3.63) is 51.7 Å². The molecule has 0 N–H and O–H groups in total. The summed E-state index contributed by atoms with van der Waals surface area (Å²) < 4.78 is 13.0. The van der Waals surface area contributed by atoms with E-state index in [1.807, 2.05) is 26.0 Å². The highest BCUT2D eigenvalue weighted by Gasteiger charge is 2.20. The van der Waals surface area contributed by atoms with Crippen LogP contribution in [-0.4, -0.2) is 22.8 Å². The van der Waals surface area contributed by atoms with Crippen molar-refractivity contribution in [2.24, 2.45) is 0 Å². The number of thiophene rings is 1. The zero-order valence-corrected chi connectivity index (χ0v) is 11.9. The maximum atomic E-state index is 13.0. The van der Waals surface area contributed by atoms with Crippen molar-refractivity contribution in [2.45, 2.75) is 19.9 Å². The van der Waals surface area contributed by atoms with Crippen LogP contribution in [0.15, 0.2) is 30.5 Å². The topological polar surface area (TPSA) is 33.2 Å². The van der Waals surface area contributed by atoms with Crippen LogP contribution in [0.2, 0.25) is 0 Å². The fourth-order valence-electron chi connectivity index (χ4n) is 1.78. The second-order valence-electron chi connectivity index (χ2n) is 4.41. The second-order valence-corrected chi connectivity index (χ2v) is 5.73. The lowest BCUT2D eigenvalue weighted by atomic mass is 10.2. The molecule has 0 aromatic carbocycles. The monoisotopic (exact) mass is 278 g/mol. The van der Waals surface area contributed by atoms with Crippen molar-refractivity contribution in [1.82, 2.24) is 9.88 Å². The molecule has 2 rings (SSSR count). The quantitative estimate of drug-likeness (QED) is 0.806. The summed E-state index contributed by atoms with van der Waals surface area (Å²) in [5, 5.41) is 0. The van der Waals surface area contributed by atoms with Gasteiger partial charge in [0.1, 0.15) is 0 Å². The first kappa shape index (κ1) is 13.7. The molecular weight excluding hydrogens is 263 g/mol. The number of aryl methyl sites for hydroxylation is 1. The van der Waals surface area contributed by atoms with Gasteiger partial charge in [-0.05, 0) is 32.0 Å². The molecule has 0 radical (unpaired) electrons. The fraction of sp³-hybridized carbons (Fsp3) is 0.286. The molecule has 2 aromatic heterocycles. The van der Waals surface area contributed by atoms with Crippen molar-refractivity contribution in [3.8, 4) is 0 Å². The third-order valence-electron chi connectivity index (χ3n) is 3.05. The molecule has 5 heteroatoms. The van der Waals surface area contributed by atoms with Gasteiger partial charge < -0.3 is 4.90 Å². The number of carbonyl (C=O) groups excluding carboxylic acids is 1. The van der Waals surface area contributed by atoms with Crippen LogP contribution < -0.4 is 0 Å². The Labute approximate surface area is 115 Å². The standard InChI is InChI=1S/C14H15FN2OS/c1-9-4-5-12(19-9)10(2)17(3)14(18)11-6-7-16-13(15)8-11/h4-8,10H,1-3H3. The van der Waals surface area contributed by atoms with Gasteiger partial charge in [-0.2, -0.15) is 4.39 Å². The highest BCUT2D eigenvalue weighted by atomic mass is 32.1. The summed E-state index contributed by atoms with van der Waals surface area (Å²) in [5.74, 6) is -0.848. The lowest BCUT2D eigenvalue weighted by Gasteiger charge is -2.24. The Morgan fingerprint density at radius 3 is 2.74 bits per heavy atom. The first-order valence-electron chi connectivity index (χ1n) is 5.94. The van der Waals surface area contributed by atoms with E-state index in [-0.39, 0.29) is 11.9 Å². The van der Waals surface area contributed by atoms with E-state index in [9.17, 15) is 9.18 Å². The highest BCUT2D eigenvalue weighted by Crippen LogP contribution is 2.27. The Hall–Kier alpha value is -1.75. The molecule has 2 aromatic rings. The molecule has 1 atom stereocenters. The number of amides is 1. The number of nitrogens with zero attached hydrogens (tertiary/aromatic N) is 2. The summed E-state index contributed by atoms with van der Waals surface area (Å²) in [4.78, 5) is 19.6. The Balaban J connectivity index is 2.19. The minimum absolute atomic E-state index is 0.0394. The lowest BCUT2D eigenvalue weighted by Crippen LogP contribution is -2.29. The van der Waals surface area contributed by atoms with E-state index in [1.54, 1.807) is 23.3 Å². The summed E-state index contributed by atoms with van der Waals surface area (Å²) in [5.41, 5.74) is 0.315. The van der Waals surface area contributed by atoms with Crippen LogP contribution in [0.3, 0.4) is 0 Å². The predicted octanol–water partition coefficient (Wildman–Crippen LogP) is 3.42. The van der Waals surface area contributed by atoms with Gasteiger partial charge in [-0.25, -0.2) is 4.98 Å². The maximum absolute atomic E-state index is 13.0. The van der Waals surface area contributed by atoms with Gasteiger partial charge in [-0.15, -0.1) is 11.3 Å². The van der Waals surface area contributed by atoms with Crippen LogP contribution in [0.25, 0.3) is 0 Å². The zero-order chi connectivity index (χ0) is 14.0. The SMILES string of the molecule is Cc1ccc(C(C)N(C)C(=O)c2ccnc(F)c2)s1. The molecule has 1 unspecified atom stereocenters. The molecule has 0 spiro atoms. The van der Waals surface area contributed by atoms with Crippen molar-refractivity contribution in [3.63, 3.8) is 0 Å². The van der Waals surface area contributed by atoms with Crippen molar-refractivity contribution < 1.29 is 9.18 Å². The van der Waals surface area contributed by atoms with E-state index in [1.165, 1.54) is 17.1 Å². The van der Waals surface area contributed by atoms with Gasteiger partial charge in [0.15, 0.2) is 0 Å². The second kappa shape index (κ2) is 5.48. The number of pyridine rings is 1. The van der Waals surface area contributed by atoms with Crippen molar-refractivity contribution >= 4 is 17.2 Å². The molecule has 0 saturated carbocycles. The number of rotatable bonds is 3. The van der Waals surface area contributed by atoms with Crippen LogP contribution in [0.5, 0.6) is 0 Å². The Bertz CT molecular complexity index is 597. The normalized spacial score (nSPS) is 12.2. The molecule has 100 valence electrons. The number of hydrogen-bond donors (Lipinski definition) is 0. The highest BCUT2D eigenvalue weighted by molar-refractivity contribution is 7.12. The molecule has 0 aliphatic rings. The van der Waals surface area contributed by atoms with Gasteiger partial charge in [0.2, 0.25) is 5.95 Å². The van der Waals surface area contributed by atoms with Crippen molar-refractivity contribution in [2.75, 3.05) is 7.05 Å². The molecule has 1 amide bonds. The third-order valence-corrected chi connectivity index (χ3v) is 4.22.